The Bertz CT molecular complexity index is 524. The largest absolute Gasteiger partial charge is 0.281 e. The standard InChI is InChI=1S/C11H13N5/c1-12-9-11-15-14-10(8-4-2-3-5-8)16(11)7-6-13-9/h6-8H,1-5H2. The lowest BCUT2D eigenvalue weighted by Crippen LogP contribution is -2.00. The van der Waals surface area contributed by atoms with Crippen molar-refractivity contribution in [2.45, 2.75) is 31.6 Å². The van der Waals surface area contributed by atoms with Crippen molar-refractivity contribution in [3.05, 3.63) is 18.2 Å². The molecule has 0 aromatic carbocycles. The Balaban J connectivity index is 2.16. The highest BCUT2D eigenvalue weighted by Crippen LogP contribution is 2.33. The lowest BCUT2D eigenvalue weighted by atomic mass is 10.1. The molecule has 16 heavy (non-hydrogen) atoms. The van der Waals surface area contributed by atoms with Crippen molar-refractivity contribution >= 4 is 18.2 Å². The molecule has 1 saturated carbocycles. The van der Waals surface area contributed by atoms with Gasteiger partial charge in [0.1, 0.15) is 5.82 Å². The number of aliphatic imine (C=N–C) groups is 1. The molecule has 2 aromatic rings. The fraction of sp³-hybridized carbons (Fsp3) is 0.455. The fourth-order valence-corrected chi connectivity index (χ4v) is 2.41. The molecule has 0 spiro atoms. The molecule has 0 N–H and O–H groups in total. The van der Waals surface area contributed by atoms with Gasteiger partial charge in [-0.2, -0.15) is 0 Å². The van der Waals surface area contributed by atoms with E-state index in [0.717, 1.165) is 5.82 Å². The minimum Gasteiger partial charge on any atom is -0.281 e. The van der Waals surface area contributed by atoms with E-state index in [1.807, 2.05) is 10.6 Å². The van der Waals surface area contributed by atoms with Crippen LogP contribution in [-0.2, 0) is 0 Å². The van der Waals surface area contributed by atoms with E-state index in [-0.39, 0.29) is 0 Å². The topological polar surface area (TPSA) is 55.4 Å². The number of rotatable bonds is 2. The second-order valence-electron chi connectivity index (χ2n) is 4.14. The molecule has 3 rings (SSSR count). The predicted octanol–water partition coefficient (Wildman–Crippen LogP) is 2.11. The van der Waals surface area contributed by atoms with Gasteiger partial charge >= 0.3 is 0 Å². The first-order chi connectivity index (χ1) is 7.90. The third kappa shape index (κ3) is 1.31. The zero-order valence-electron chi connectivity index (χ0n) is 9.00. The molecule has 0 saturated heterocycles. The summed E-state index contributed by atoms with van der Waals surface area (Å²) in [5, 5.41) is 8.42. The van der Waals surface area contributed by atoms with E-state index in [1.165, 1.54) is 25.7 Å². The molecule has 0 atom stereocenters. The van der Waals surface area contributed by atoms with Crippen molar-refractivity contribution in [3.63, 3.8) is 0 Å². The molecule has 0 unspecified atom stereocenters. The van der Waals surface area contributed by atoms with Gasteiger partial charge in [-0.25, -0.2) is 9.98 Å². The van der Waals surface area contributed by atoms with E-state index in [2.05, 4.69) is 26.9 Å². The van der Waals surface area contributed by atoms with Gasteiger partial charge in [0, 0.05) is 18.3 Å². The summed E-state index contributed by atoms with van der Waals surface area (Å²) in [6, 6.07) is 0. The monoisotopic (exact) mass is 215 g/mol. The Hall–Kier alpha value is -1.78. The first kappa shape index (κ1) is 9.45. The van der Waals surface area contributed by atoms with Crippen molar-refractivity contribution in [1.29, 1.82) is 0 Å². The van der Waals surface area contributed by atoms with Crippen molar-refractivity contribution in [2.75, 3.05) is 0 Å². The molecule has 0 bridgehead atoms. The summed E-state index contributed by atoms with van der Waals surface area (Å²) >= 11 is 0. The molecule has 1 aliphatic rings. The molecule has 5 heteroatoms. The van der Waals surface area contributed by atoms with Gasteiger partial charge in [0.05, 0.1) is 0 Å². The molecule has 0 radical (unpaired) electrons. The summed E-state index contributed by atoms with van der Waals surface area (Å²) in [5.41, 5.74) is 0.708. The zero-order chi connectivity index (χ0) is 11.0. The van der Waals surface area contributed by atoms with Crippen LogP contribution in [0.1, 0.15) is 37.4 Å². The normalized spacial score (nSPS) is 17.0. The van der Waals surface area contributed by atoms with E-state index in [1.54, 1.807) is 6.20 Å². The summed E-state index contributed by atoms with van der Waals surface area (Å²) in [4.78, 5) is 7.97. The van der Waals surface area contributed by atoms with Crippen LogP contribution in [0.4, 0.5) is 5.82 Å². The molecule has 0 amide bonds. The van der Waals surface area contributed by atoms with Gasteiger partial charge in [-0.1, -0.05) is 12.8 Å². The quantitative estimate of drug-likeness (QED) is 0.721. The summed E-state index contributed by atoms with van der Waals surface area (Å²) in [6.45, 7) is 3.49. The number of aromatic nitrogens is 4. The van der Waals surface area contributed by atoms with Gasteiger partial charge in [-0.3, -0.25) is 4.40 Å². The Morgan fingerprint density at radius 3 is 2.88 bits per heavy atom. The summed E-state index contributed by atoms with van der Waals surface area (Å²) in [6.07, 6.45) is 8.62. The maximum absolute atomic E-state index is 4.27. The van der Waals surface area contributed by atoms with Crippen molar-refractivity contribution < 1.29 is 0 Å². The average molecular weight is 215 g/mol. The number of fused-ring (bicyclic) bond motifs is 1. The minimum absolute atomic E-state index is 0.537. The smallest absolute Gasteiger partial charge is 0.206 e. The van der Waals surface area contributed by atoms with E-state index < -0.39 is 0 Å². The van der Waals surface area contributed by atoms with Crippen LogP contribution in [0.25, 0.3) is 5.65 Å². The van der Waals surface area contributed by atoms with Crippen molar-refractivity contribution in [2.24, 2.45) is 4.99 Å². The van der Waals surface area contributed by atoms with Crippen LogP contribution in [0.5, 0.6) is 0 Å². The minimum atomic E-state index is 0.537. The van der Waals surface area contributed by atoms with Gasteiger partial charge in [0.15, 0.2) is 5.82 Å². The van der Waals surface area contributed by atoms with Crippen LogP contribution in [0.3, 0.4) is 0 Å². The summed E-state index contributed by atoms with van der Waals surface area (Å²) in [7, 11) is 0. The highest BCUT2D eigenvalue weighted by Gasteiger charge is 2.22. The van der Waals surface area contributed by atoms with Crippen LogP contribution in [0, 0.1) is 0 Å². The lowest BCUT2D eigenvalue weighted by molar-refractivity contribution is 0.658. The highest BCUT2D eigenvalue weighted by molar-refractivity contribution is 5.61. The molecular formula is C11H13N5. The van der Waals surface area contributed by atoms with Crippen molar-refractivity contribution in [1.82, 2.24) is 19.6 Å². The second-order valence-corrected chi connectivity index (χ2v) is 4.14. The Labute approximate surface area is 93.3 Å². The average Bonchev–Trinajstić information content (AvgIpc) is 2.96. The van der Waals surface area contributed by atoms with Gasteiger partial charge in [-0.05, 0) is 19.6 Å². The first-order valence-corrected chi connectivity index (χ1v) is 5.56. The van der Waals surface area contributed by atoms with Crippen molar-refractivity contribution in [3.8, 4) is 0 Å². The lowest BCUT2D eigenvalue weighted by Gasteiger charge is -2.06. The van der Waals surface area contributed by atoms with Gasteiger partial charge in [-0.15, -0.1) is 10.2 Å². The Morgan fingerprint density at radius 1 is 1.31 bits per heavy atom. The van der Waals surface area contributed by atoms with Gasteiger partial charge < -0.3 is 0 Å². The first-order valence-electron chi connectivity index (χ1n) is 5.56. The number of hydrogen-bond acceptors (Lipinski definition) is 4. The molecule has 2 heterocycles. The van der Waals surface area contributed by atoms with Crippen LogP contribution in [-0.4, -0.2) is 26.3 Å². The molecule has 5 nitrogen and oxygen atoms in total. The Kier molecular flexibility index (Phi) is 2.16. The predicted molar refractivity (Wildman–Crippen MR) is 61.2 cm³/mol. The highest BCUT2D eigenvalue weighted by atomic mass is 15.3. The molecular weight excluding hydrogens is 202 g/mol. The SMILES string of the molecule is C=Nc1nccn2c(C3CCCC3)nnc12. The van der Waals surface area contributed by atoms with E-state index in [4.69, 9.17) is 0 Å². The van der Waals surface area contributed by atoms with Crippen LogP contribution < -0.4 is 0 Å². The van der Waals surface area contributed by atoms with E-state index >= 15 is 0 Å². The van der Waals surface area contributed by atoms with E-state index in [9.17, 15) is 0 Å². The van der Waals surface area contributed by atoms with Crippen LogP contribution in [0.2, 0.25) is 0 Å². The third-order valence-corrected chi connectivity index (χ3v) is 3.20. The maximum Gasteiger partial charge on any atom is 0.206 e. The Morgan fingerprint density at radius 2 is 2.12 bits per heavy atom. The second kappa shape index (κ2) is 3.66. The molecule has 0 aliphatic heterocycles. The molecule has 1 aliphatic carbocycles. The number of nitrogens with zero attached hydrogens (tertiary/aromatic N) is 5. The number of hydrogen-bond donors (Lipinski definition) is 0. The van der Waals surface area contributed by atoms with Crippen LogP contribution in [0.15, 0.2) is 17.4 Å². The fourth-order valence-electron chi connectivity index (χ4n) is 2.41. The summed E-state index contributed by atoms with van der Waals surface area (Å²) in [5.74, 6) is 2.13. The van der Waals surface area contributed by atoms with Crippen LogP contribution >= 0.6 is 0 Å². The van der Waals surface area contributed by atoms with Gasteiger partial charge in [0.2, 0.25) is 5.65 Å². The maximum atomic E-state index is 4.27. The molecule has 82 valence electrons. The zero-order valence-corrected chi connectivity index (χ0v) is 9.00. The van der Waals surface area contributed by atoms with E-state index in [0.29, 0.717) is 17.4 Å². The molecule has 2 aromatic heterocycles. The summed E-state index contributed by atoms with van der Waals surface area (Å²) < 4.78 is 1.99. The molecule has 1 fully saturated rings. The van der Waals surface area contributed by atoms with Gasteiger partial charge in [0.25, 0.3) is 0 Å². The third-order valence-electron chi connectivity index (χ3n) is 3.20.